The molecule has 0 unspecified atom stereocenters. The molecule has 12 heteroatoms. The van der Waals surface area contributed by atoms with E-state index in [2.05, 4.69) is 66.8 Å². The van der Waals surface area contributed by atoms with Crippen molar-refractivity contribution in [3.63, 3.8) is 0 Å². The van der Waals surface area contributed by atoms with Crippen LogP contribution in [0.3, 0.4) is 0 Å². The fraction of sp³-hybridized carbons (Fsp3) is 0.393. The van der Waals surface area contributed by atoms with Crippen molar-refractivity contribution in [3.05, 3.63) is 62.8 Å². The Morgan fingerprint density at radius 3 is 2.62 bits per heavy atom. The summed E-state index contributed by atoms with van der Waals surface area (Å²) in [6.07, 6.45) is 5.39. The first-order valence-electron chi connectivity index (χ1n) is 13.4. The van der Waals surface area contributed by atoms with E-state index in [0.717, 1.165) is 41.0 Å². The highest BCUT2D eigenvalue weighted by molar-refractivity contribution is 14.1. The topological polar surface area (TPSA) is 83.4 Å². The lowest BCUT2D eigenvalue weighted by atomic mass is 10.1. The predicted octanol–water partition coefficient (Wildman–Crippen LogP) is 4.98. The normalized spacial score (nSPS) is 20.3. The zero-order valence-corrected chi connectivity index (χ0v) is 25.3. The maximum Gasteiger partial charge on any atom is 0.229 e. The molecule has 9 nitrogen and oxygen atoms in total. The molecule has 6 rings (SSSR count). The van der Waals surface area contributed by atoms with Crippen LogP contribution in [0.25, 0.3) is 16.7 Å². The molecule has 3 aromatic heterocycles. The molecule has 1 aromatic carbocycles. The van der Waals surface area contributed by atoms with Crippen molar-refractivity contribution < 1.29 is 9.13 Å². The van der Waals surface area contributed by atoms with E-state index in [1.807, 2.05) is 29.0 Å². The number of piperazine rings is 1. The lowest BCUT2D eigenvalue weighted by Gasteiger charge is -2.37. The average molecular weight is 677 g/mol. The number of anilines is 3. The molecule has 2 fully saturated rings. The van der Waals surface area contributed by atoms with Gasteiger partial charge in [-0.1, -0.05) is 11.6 Å². The molecule has 4 aromatic rings. The largest absolute Gasteiger partial charge is 0.379 e. The third-order valence-corrected chi connectivity index (χ3v) is 8.49. The van der Waals surface area contributed by atoms with Crippen LogP contribution in [-0.4, -0.2) is 75.9 Å². The minimum absolute atomic E-state index is 0.225. The summed E-state index contributed by atoms with van der Waals surface area (Å²) < 4.78 is 23.5. The van der Waals surface area contributed by atoms with Gasteiger partial charge in [-0.05, 0) is 60.7 Å². The molecule has 0 bridgehead atoms. The zero-order valence-electron chi connectivity index (χ0n) is 22.4. The number of nitrogens with zero attached hydrogens (tertiary/aromatic N) is 6. The molecule has 0 saturated carbocycles. The molecular formula is C28H31ClFIN8O. The van der Waals surface area contributed by atoms with Crippen LogP contribution in [0.2, 0.25) is 5.02 Å². The van der Waals surface area contributed by atoms with Crippen LogP contribution in [0.15, 0.2) is 42.9 Å². The summed E-state index contributed by atoms with van der Waals surface area (Å²) in [4.78, 5) is 18.3. The Bertz CT molecular complexity index is 1490. The quantitative estimate of drug-likeness (QED) is 0.277. The van der Waals surface area contributed by atoms with E-state index < -0.39 is 0 Å². The Morgan fingerprint density at radius 1 is 1.12 bits per heavy atom. The number of pyridine rings is 1. The van der Waals surface area contributed by atoms with Gasteiger partial charge in [0.25, 0.3) is 0 Å². The second kappa shape index (κ2) is 11.7. The summed E-state index contributed by atoms with van der Waals surface area (Å²) in [5.41, 5.74) is 2.78. The number of halogens is 3. The summed E-state index contributed by atoms with van der Waals surface area (Å²) >= 11 is 8.88. The molecule has 5 heterocycles. The van der Waals surface area contributed by atoms with Crippen molar-refractivity contribution in [2.45, 2.75) is 32.5 Å². The molecule has 0 radical (unpaired) electrons. The van der Waals surface area contributed by atoms with Gasteiger partial charge in [-0.2, -0.15) is 4.98 Å². The summed E-state index contributed by atoms with van der Waals surface area (Å²) in [5, 5.41) is 8.17. The van der Waals surface area contributed by atoms with Gasteiger partial charge in [-0.25, -0.2) is 14.4 Å². The second-order valence-corrected chi connectivity index (χ2v) is 12.0. The molecule has 2 aliphatic heterocycles. The predicted molar refractivity (Wildman–Crippen MR) is 164 cm³/mol. The third kappa shape index (κ3) is 5.89. The molecule has 0 aliphatic carbocycles. The summed E-state index contributed by atoms with van der Waals surface area (Å²) in [6, 6.07) is 8.05. The standard InChI is InChI=1S/C28H31ClFIN8O/c1-17-14-38(15-18(2)34-17)27-23(29)9-20(13-32-27)35-28-33-12-19-3-4-39(26(19)36-28)21-10-24(30)22(25(31)11-21)16-37-5-7-40-8-6-37/h3-4,9-13,17-18,34H,5-8,14-16H2,1-2H3,(H,33,35,36)/t17-,18+. The summed E-state index contributed by atoms with van der Waals surface area (Å²) in [7, 11) is 0. The first-order chi connectivity index (χ1) is 19.3. The van der Waals surface area contributed by atoms with E-state index in [0.29, 0.717) is 65.4 Å². The van der Waals surface area contributed by atoms with E-state index in [9.17, 15) is 0 Å². The Labute approximate surface area is 251 Å². The van der Waals surface area contributed by atoms with Crippen molar-refractivity contribution in [2.24, 2.45) is 0 Å². The van der Waals surface area contributed by atoms with Gasteiger partial charge >= 0.3 is 0 Å². The van der Waals surface area contributed by atoms with Crippen LogP contribution in [0.1, 0.15) is 19.4 Å². The lowest BCUT2D eigenvalue weighted by molar-refractivity contribution is 0.0336. The number of morpholine rings is 1. The smallest absolute Gasteiger partial charge is 0.229 e. The van der Waals surface area contributed by atoms with Gasteiger partial charge in [-0.15, -0.1) is 0 Å². The van der Waals surface area contributed by atoms with Crippen molar-refractivity contribution >= 4 is 62.7 Å². The van der Waals surface area contributed by atoms with Gasteiger partial charge in [-0.3, -0.25) is 4.90 Å². The van der Waals surface area contributed by atoms with Gasteiger partial charge in [0, 0.05) is 71.7 Å². The first kappa shape index (κ1) is 27.6. The number of benzene rings is 1. The number of aromatic nitrogens is 4. The van der Waals surface area contributed by atoms with Crippen LogP contribution < -0.4 is 15.5 Å². The van der Waals surface area contributed by atoms with Gasteiger partial charge in [0.15, 0.2) is 0 Å². The number of ether oxygens (including phenoxy) is 1. The second-order valence-electron chi connectivity index (χ2n) is 10.5. The molecule has 2 aliphatic rings. The van der Waals surface area contributed by atoms with Crippen LogP contribution in [-0.2, 0) is 11.3 Å². The molecule has 0 amide bonds. The first-order valence-corrected chi connectivity index (χ1v) is 14.9. The number of hydrogen-bond acceptors (Lipinski definition) is 8. The summed E-state index contributed by atoms with van der Waals surface area (Å²) in [6.45, 7) is 9.55. The Balaban J connectivity index is 1.23. The Morgan fingerprint density at radius 2 is 1.90 bits per heavy atom. The maximum absolute atomic E-state index is 15.3. The van der Waals surface area contributed by atoms with Crippen molar-refractivity contribution in [1.29, 1.82) is 0 Å². The number of hydrogen-bond donors (Lipinski definition) is 2. The maximum atomic E-state index is 15.3. The highest BCUT2D eigenvalue weighted by Crippen LogP contribution is 2.30. The summed E-state index contributed by atoms with van der Waals surface area (Å²) in [5.74, 6) is 0.949. The molecule has 0 spiro atoms. The Hall–Kier alpha value is -2.58. The van der Waals surface area contributed by atoms with Crippen molar-refractivity contribution in [3.8, 4) is 5.69 Å². The van der Waals surface area contributed by atoms with Gasteiger partial charge in [0.05, 0.1) is 35.8 Å². The van der Waals surface area contributed by atoms with Crippen LogP contribution >= 0.6 is 34.2 Å². The van der Waals surface area contributed by atoms with Crippen LogP contribution in [0.4, 0.5) is 21.8 Å². The van der Waals surface area contributed by atoms with Crippen LogP contribution in [0, 0.1) is 9.39 Å². The number of rotatable bonds is 6. The van der Waals surface area contributed by atoms with Gasteiger partial charge in [0.1, 0.15) is 17.3 Å². The van der Waals surface area contributed by atoms with E-state index in [-0.39, 0.29) is 5.82 Å². The van der Waals surface area contributed by atoms with E-state index >= 15 is 4.39 Å². The fourth-order valence-corrected chi connectivity index (χ4v) is 6.44. The van der Waals surface area contributed by atoms with E-state index in [1.54, 1.807) is 18.5 Å². The molecule has 40 heavy (non-hydrogen) atoms. The van der Waals surface area contributed by atoms with Crippen molar-refractivity contribution in [2.75, 3.05) is 49.6 Å². The highest BCUT2D eigenvalue weighted by atomic mass is 127. The molecule has 2 atom stereocenters. The van der Waals surface area contributed by atoms with E-state index in [1.165, 1.54) is 0 Å². The van der Waals surface area contributed by atoms with Crippen LogP contribution in [0.5, 0.6) is 0 Å². The van der Waals surface area contributed by atoms with Gasteiger partial charge < -0.3 is 24.8 Å². The number of nitrogens with one attached hydrogen (secondary N) is 2. The fourth-order valence-electron chi connectivity index (χ4n) is 5.41. The monoisotopic (exact) mass is 676 g/mol. The average Bonchev–Trinajstić information content (AvgIpc) is 3.34. The SMILES string of the molecule is C[C@@H]1CN(c2ncc(Nc3ncc4ccn(-c5cc(F)c(CN6CCOCC6)c(I)c5)c4n3)cc2Cl)C[C@H](C)N1. The third-order valence-electron chi connectivity index (χ3n) is 7.25. The molecule has 2 saturated heterocycles. The molecule has 210 valence electrons. The lowest BCUT2D eigenvalue weighted by Crippen LogP contribution is -2.54. The highest BCUT2D eigenvalue weighted by Gasteiger charge is 2.24. The minimum Gasteiger partial charge on any atom is -0.379 e. The Kier molecular flexibility index (Phi) is 8.09. The zero-order chi connectivity index (χ0) is 27.8. The van der Waals surface area contributed by atoms with Gasteiger partial charge in [0.2, 0.25) is 5.95 Å². The molecular weight excluding hydrogens is 646 g/mol. The van der Waals surface area contributed by atoms with Crippen molar-refractivity contribution in [1.82, 2.24) is 29.7 Å². The molecule has 2 N–H and O–H groups in total. The number of fused-ring (bicyclic) bond motifs is 1. The minimum atomic E-state index is -0.225. The van der Waals surface area contributed by atoms with E-state index in [4.69, 9.17) is 21.3 Å².